The third kappa shape index (κ3) is 9.92. The fourth-order valence-electron chi connectivity index (χ4n) is 6.18. The summed E-state index contributed by atoms with van der Waals surface area (Å²) >= 11 is 3.58. The van der Waals surface area contributed by atoms with Crippen LogP contribution in [0.15, 0.2) is 54.2 Å². The summed E-state index contributed by atoms with van der Waals surface area (Å²) in [5, 5.41) is 23.7. The lowest BCUT2D eigenvalue weighted by molar-refractivity contribution is -0.884. The van der Waals surface area contributed by atoms with E-state index < -0.39 is 16.7 Å². The Morgan fingerprint density at radius 3 is 1.84 bits per heavy atom. The lowest BCUT2D eigenvalue weighted by Gasteiger charge is -2.26. The number of benzene rings is 3. The Balaban J connectivity index is 0.00000300. The number of likely N-dealkylation sites (N-methyl/N-ethyl adjacent to an activating group) is 2. The third-order valence-electron chi connectivity index (χ3n) is 8.69. The molecule has 51 heavy (non-hydrogen) atoms. The molecule has 1 aromatic heterocycles. The SMILES string of the molecule is C[N+](C)(C)CCn1c(O)c2cc(Br)c3c4c2c(c(=NCCc2ccc(O)c(C[N+](C)(C)C)c2)cc-4c(=O)n(CC[N+](C)(C)C)c3=O)c1=O.[I-].[I-].[I-]. The van der Waals surface area contributed by atoms with Gasteiger partial charge in [-0.3, -0.25) is 28.5 Å². The van der Waals surface area contributed by atoms with Crippen LogP contribution in [0.1, 0.15) is 11.1 Å². The summed E-state index contributed by atoms with van der Waals surface area (Å²) in [5.74, 6) is 0.0346. The van der Waals surface area contributed by atoms with Gasteiger partial charge in [0, 0.05) is 32.9 Å². The summed E-state index contributed by atoms with van der Waals surface area (Å²) in [6, 6.07) is 8.86. The number of pyridine rings is 2. The van der Waals surface area contributed by atoms with Crippen LogP contribution in [0.3, 0.4) is 0 Å². The molecule has 2 aliphatic rings. The van der Waals surface area contributed by atoms with Gasteiger partial charge in [-0.15, -0.1) is 0 Å². The fourth-order valence-corrected chi connectivity index (χ4v) is 6.78. The predicted molar refractivity (Wildman–Crippen MR) is 194 cm³/mol. The molecule has 1 aliphatic heterocycles. The van der Waals surface area contributed by atoms with Gasteiger partial charge in [0.15, 0.2) is 0 Å². The number of phenols is 1. The number of phenolic OH excluding ortho intramolecular Hbond substituents is 1. The first-order valence-corrected chi connectivity index (χ1v) is 16.9. The second-order valence-electron chi connectivity index (χ2n) is 16.0. The van der Waals surface area contributed by atoms with Gasteiger partial charge in [-0.2, -0.15) is 0 Å². The van der Waals surface area contributed by atoms with Crippen molar-refractivity contribution >= 4 is 37.5 Å². The molecule has 0 amide bonds. The van der Waals surface area contributed by atoms with Gasteiger partial charge in [-0.05, 0) is 52.2 Å². The van der Waals surface area contributed by atoms with E-state index in [9.17, 15) is 24.6 Å². The number of aromatic hydroxyl groups is 2. The lowest BCUT2D eigenvalue weighted by Crippen LogP contribution is -3.00. The Morgan fingerprint density at radius 2 is 1.27 bits per heavy atom. The fraction of sp³-hybridized carbons (Fsp3) is 0.444. The van der Waals surface area contributed by atoms with Gasteiger partial charge in [0.1, 0.15) is 12.3 Å². The van der Waals surface area contributed by atoms with Crippen molar-refractivity contribution in [3.8, 4) is 22.8 Å². The zero-order valence-electron chi connectivity index (χ0n) is 30.7. The highest BCUT2D eigenvalue weighted by atomic mass is 127. The van der Waals surface area contributed by atoms with Crippen molar-refractivity contribution in [1.29, 1.82) is 0 Å². The van der Waals surface area contributed by atoms with Gasteiger partial charge in [0.05, 0.1) is 111 Å². The average Bonchev–Trinajstić information content (AvgIpc) is 2.94. The van der Waals surface area contributed by atoms with Crippen LogP contribution in [0.25, 0.3) is 32.7 Å². The van der Waals surface area contributed by atoms with E-state index in [0.29, 0.717) is 77.6 Å². The second kappa shape index (κ2) is 16.8. The Hall–Kier alpha value is -1.65. The zero-order chi connectivity index (χ0) is 35.5. The summed E-state index contributed by atoms with van der Waals surface area (Å²) < 4.78 is 4.87. The number of aromatic nitrogens is 2. The Bertz CT molecular complexity index is 2240. The van der Waals surface area contributed by atoms with Crippen LogP contribution in [0, 0.1) is 0 Å². The maximum atomic E-state index is 14.3. The van der Waals surface area contributed by atoms with Gasteiger partial charge >= 0.3 is 0 Å². The molecule has 0 unspecified atom stereocenters. The summed E-state index contributed by atoms with van der Waals surface area (Å²) in [5.41, 5.74) is 1.15. The summed E-state index contributed by atoms with van der Waals surface area (Å²) in [6.45, 7) is 2.57. The smallest absolute Gasteiger partial charge is 0.263 e. The number of hydrogen-bond acceptors (Lipinski definition) is 6. The molecule has 11 nitrogen and oxygen atoms in total. The van der Waals surface area contributed by atoms with Gasteiger partial charge in [-0.25, -0.2) is 0 Å². The van der Waals surface area contributed by atoms with Crippen LogP contribution in [0.2, 0.25) is 0 Å². The molecule has 2 aromatic carbocycles. The molecule has 1 aliphatic carbocycles. The molecule has 3 aromatic rings. The van der Waals surface area contributed by atoms with E-state index in [0.717, 1.165) is 11.1 Å². The van der Waals surface area contributed by atoms with E-state index in [1.54, 1.807) is 18.2 Å². The minimum atomic E-state index is -0.448. The van der Waals surface area contributed by atoms with E-state index in [-0.39, 0.29) is 108 Å². The molecule has 280 valence electrons. The summed E-state index contributed by atoms with van der Waals surface area (Å²) in [6.07, 6.45) is 0.536. The molecule has 15 heteroatoms. The molecule has 0 spiro atoms. The van der Waals surface area contributed by atoms with E-state index in [1.165, 1.54) is 9.13 Å². The molecule has 0 radical (unpaired) electrons. The normalized spacial score (nSPS) is 12.7. The number of quaternary nitrogens is 3. The number of halogens is 4. The molecule has 0 atom stereocenters. The first kappa shape index (κ1) is 45.5. The zero-order valence-corrected chi connectivity index (χ0v) is 38.7. The van der Waals surface area contributed by atoms with Gasteiger partial charge in [0.25, 0.3) is 16.7 Å². The van der Waals surface area contributed by atoms with E-state index >= 15 is 0 Å². The van der Waals surface area contributed by atoms with Crippen LogP contribution in [0.4, 0.5) is 0 Å². The maximum absolute atomic E-state index is 14.3. The predicted octanol–water partition coefficient (Wildman–Crippen LogP) is -6.40. The summed E-state index contributed by atoms with van der Waals surface area (Å²) in [7, 11) is 18.2. The number of hydrogen-bond donors (Lipinski definition) is 2. The van der Waals surface area contributed by atoms with Crippen LogP contribution in [-0.2, 0) is 26.1 Å². The maximum Gasteiger partial charge on any atom is 0.263 e. The summed E-state index contributed by atoms with van der Waals surface area (Å²) in [4.78, 5) is 47.2. The van der Waals surface area contributed by atoms with Gasteiger partial charge < -0.3 is 95.6 Å². The Kier molecular flexibility index (Phi) is 15.0. The third-order valence-corrected chi connectivity index (χ3v) is 9.31. The van der Waals surface area contributed by atoms with Crippen molar-refractivity contribution in [2.45, 2.75) is 26.1 Å². The van der Waals surface area contributed by atoms with Crippen molar-refractivity contribution in [2.75, 3.05) is 83.1 Å². The molecule has 0 fully saturated rings. The lowest BCUT2D eigenvalue weighted by atomic mass is 9.90. The monoisotopic (exact) mass is 1100 g/mol. The highest BCUT2D eigenvalue weighted by Crippen LogP contribution is 2.40. The number of nitrogens with zero attached hydrogens (tertiary/aromatic N) is 6. The van der Waals surface area contributed by atoms with Crippen molar-refractivity contribution in [3.05, 3.63) is 82.4 Å². The molecule has 2 N–H and O–H groups in total. The molecular formula is C36H48BrI3N6O5. The van der Waals surface area contributed by atoms with Crippen molar-refractivity contribution in [3.63, 3.8) is 0 Å². The standard InChI is InChI=1S/C36H46BrN6O5.3HI/c1-41(2,3)16-14-39-34(46)25-20-27(38-13-12-22-10-11-28(44)23(18-22)21-43(7,8)9)32-30-24(19-26(37)31(29(25)30)35(39)47)33(45)40(36(32)48)15-17-42(4,5)6;;;/h10-11,18-20H,12-17,21H2,1-9H3;3*1H/q+1;;;/p-1. The molecule has 2 heterocycles. The first-order chi connectivity index (χ1) is 22.2. The minimum Gasteiger partial charge on any atom is -1.00 e. The molecule has 0 saturated heterocycles. The van der Waals surface area contributed by atoms with Crippen LogP contribution >= 0.6 is 15.9 Å². The quantitative estimate of drug-likeness (QED) is 0.0778. The van der Waals surface area contributed by atoms with Crippen molar-refractivity contribution < 1.29 is 95.6 Å². The van der Waals surface area contributed by atoms with Crippen LogP contribution in [-0.4, -0.2) is 116 Å². The molecular weight excluding hydrogens is 1060 g/mol. The van der Waals surface area contributed by atoms with E-state index in [1.807, 2.05) is 54.4 Å². The molecule has 5 rings (SSSR count). The van der Waals surface area contributed by atoms with Gasteiger partial charge in [-0.1, -0.05) is 6.07 Å². The number of rotatable bonds is 11. The highest BCUT2D eigenvalue weighted by molar-refractivity contribution is 9.10. The molecule has 0 saturated carbocycles. The van der Waals surface area contributed by atoms with Crippen molar-refractivity contribution in [2.24, 2.45) is 4.99 Å². The Labute approximate surface area is 358 Å². The van der Waals surface area contributed by atoms with Crippen molar-refractivity contribution in [1.82, 2.24) is 9.13 Å². The second-order valence-corrected chi connectivity index (χ2v) is 16.8. The van der Waals surface area contributed by atoms with E-state index in [2.05, 4.69) is 37.1 Å². The minimum absolute atomic E-state index is 0. The average molecular weight is 1110 g/mol. The molecule has 0 bridgehead atoms. The Morgan fingerprint density at radius 1 is 0.706 bits per heavy atom. The van der Waals surface area contributed by atoms with Crippen LogP contribution in [0.5, 0.6) is 11.6 Å². The van der Waals surface area contributed by atoms with Gasteiger partial charge in [0.2, 0.25) is 5.88 Å². The largest absolute Gasteiger partial charge is 1.00 e. The van der Waals surface area contributed by atoms with Crippen LogP contribution < -0.4 is 94.0 Å². The first-order valence-electron chi connectivity index (χ1n) is 16.1. The topological polar surface area (TPSA) is 114 Å². The van der Waals surface area contributed by atoms with E-state index in [4.69, 9.17) is 4.99 Å². The highest BCUT2D eigenvalue weighted by Gasteiger charge is 2.29.